The fourth-order valence-corrected chi connectivity index (χ4v) is 3.63. The van der Waals surface area contributed by atoms with Crippen LogP contribution in [-0.2, 0) is 16.9 Å². The van der Waals surface area contributed by atoms with Gasteiger partial charge in [-0.3, -0.25) is 14.4 Å². The van der Waals surface area contributed by atoms with E-state index in [9.17, 15) is 4.79 Å². The number of hydrogen-bond donors (Lipinski definition) is 0. The van der Waals surface area contributed by atoms with Gasteiger partial charge < -0.3 is 9.64 Å². The van der Waals surface area contributed by atoms with Gasteiger partial charge in [0.15, 0.2) is 5.54 Å². The molecule has 1 fully saturated rings. The monoisotopic (exact) mass is 343 g/mol. The smallest absolute Gasteiger partial charge is 0.251 e. The lowest BCUT2D eigenvalue weighted by molar-refractivity contribution is -0.142. The minimum Gasteiger partial charge on any atom is -0.481 e. The molecule has 0 bridgehead atoms. The molecule has 0 aromatic carbocycles. The second-order valence-electron chi connectivity index (χ2n) is 6.67. The quantitative estimate of drug-likeness (QED) is 0.820. The summed E-state index contributed by atoms with van der Waals surface area (Å²) in [6.45, 7) is 2.24. The van der Waals surface area contributed by atoms with Crippen molar-refractivity contribution < 1.29 is 9.53 Å². The maximum atomic E-state index is 13.0. The van der Waals surface area contributed by atoms with Crippen molar-refractivity contribution in [3.05, 3.63) is 42.4 Å². The van der Waals surface area contributed by atoms with E-state index in [0.29, 0.717) is 19.0 Å². The third-order valence-electron chi connectivity index (χ3n) is 4.73. The van der Waals surface area contributed by atoms with Crippen molar-refractivity contribution in [3.8, 4) is 5.88 Å². The summed E-state index contributed by atoms with van der Waals surface area (Å²) in [5, 5.41) is 4.40. The summed E-state index contributed by atoms with van der Waals surface area (Å²) >= 11 is 0. The molecular formula is C18H25N5O2. The lowest BCUT2D eigenvalue weighted by Crippen LogP contribution is -2.58. The van der Waals surface area contributed by atoms with Crippen molar-refractivity contribution in [1.29, 1.82) is 0 Å². The number of piperidine rings is 1. The van der Waals surface area contributed by atoms with Crippen LogP contribution in [0.1, 0.15) is 18.4 Å². The molecule has 25 heavy (non-hydrogen) atoms. The van der Waals surface area contributed by atoms with Crippen molar-refractivity contribution >= 4 is 5.91 Å². The Morgan fingerprint density at radius 3 is 2.88 bits per heavy atom. The number of methoxy groups -OCH3 is 1. The van der Waals surface area contributed by atoms with Gasteiger partial charge in [-0.25, -0.2) is 4.98 Å². The molecule has 2 aromatic heterocycles. The number of ether oxygens (including phenoxy) is 1. The van der Waals surface area contributed by atoms with Crippen LogP contribution in [0.2, 0.25) is 0 Å². The number of aromatic nitrogens is 3. The molecule has 0 spiro atoms. The Labute approximate surface area is 148 Å². The summed E-state index contributed by atoms with van der Waals surface area (Å²) in [6, 6.07) is 5.80. The van der Waals surface area contributed by atoms with E-state index >= 15 is 0 Å². The van der Waals surface area contributed by atoms with E-state index in [1.165, 1.54) is 0 Å². The SMILES string of the molecule is COc1ncccc1CN1CCCC(C(=O)N(C)C)(n2cccn2)C1. The number of likely N-dealkylation sites (tertiary alicyclic amines) is 1. The highest BCUT2D eigenvalue weighted by Crippen LogP contribution is 2.31. The number of nitrogens with zero attached hydrogens (tertiary/aromatic N) is 5. The Balaban J connectivity index is 1.88. The van der Waals surface area contributed by atoms with Gasteiger partial charge in [0.2, 0.25) is 5.88 Å². The first-order valence-corrected chi connectivity index (χ1v) is 8.49. The summed E-state index contributed by atoms with van der Waals surface area (Å²) < 4.78 is 7.19. The van der Waals surface area contributed by atoms with Crippen molar-refractivity contribution in [3.63, 3.8) is 0 Å². The second-order valence-corrected chi connectivity index (χ2v) is 6.67. The molecule has 0 radical (unpaired) electrons. The van der Waals surface area contributed by atoms with Crippen molar-refractivity contribution in [1.82, 2.24) is 24.6 Å². The molecule has 7 nitrogen and oxygen atoms in total. The number of amides is 1. The van der Waals surface area contributed by atoms with Gasteiger partial charge in [-0.15, -0.1) is 0 Å². The second kappa shape index (κ2) is 7.23. The van der Waals surface area contributed by atoms with E-state index in [1.54, 1.807) is 38.5 Å². The lowest BCUT2D eigenvalue weighted by Gasteiger charge is -2.43. The number of hydrogen-bond acceptors (Lipinski definition) is 5. The fourth-order valence-electron chi connectivity index (χ4n) is 3.63. The highest BCUT2D eigenvalue weighted by molar-refractivity contribution is 5.84. The molecule has 7 heteroatoms. The molecule has 0 saturated carbocycles. The number of carbonyl (C=O) groups is 1. The molecule has 0 aliphatic carbocycles. The maximum absolute atomic E-state index is 13.0. The number of pyridine rings is 1. The molecule has 1 aliphatic rings. The summed E-state index contributed by atoms with van der Waals surface area (Å²) in [7, 11) is 5.24. The Kier molecular flexibility index (Phi) is 5.03. The van der Waals surface area contributed by atoms with Gasteiger partial charge in [-0.1, -0.05) is 6.07 Å². The first-order valence-electron chi connectivity index (χ1n) is 8.49. The van der Waals surface area contributed by atoms with Gasteiger partial charge >= 0.3 is 0 Å². The van der Waals surface area contributed by atoms with Crippen LogP contribution in [0.15, 0.2) is 36.8 Å². The predicted octanol–water partition coefficient (Wildman–Crippen LogP) is 1.37. The van der Waals surface area contributed by atoms with Gasteiger partial charge in [0.1, 0.15) is 0 Å². The number of rotatable bonds is 5. The largest absolute Gasteiger partial charge is 0.481 e. The summed E-state index contributed by atoms with van der Waals surface area (Å²) in [5.74, 6) is 0.718. The fraction of sp³-hybridized carbons (Fsp3) is 0.500. The zero-order valence-electron chi connectivity index (χ0n) is 15.1. The molecule has 2 aromatic rings. The molecular weight excluding hydrogens is 318 g/mol. The summed E-state index contributed by atoms with van der Waals surface area (Å²) in [6.07, 6.45) is 7.06. The normalized spacial score (nSPS) is 21.1. The number of carbonyl (C=O) groups excluding carboxylic acids is 1. The highest BCUT2D eigenvalue weighted by Gasteiger charge is 2.45. The Hall–Kier alpha value is -2.41. The summed E-state index contributed by atoms with van der Waals surface area (Å²) in [4.78, 5) is 21.3. The Morgan fingerprint density at radius 1 is 1.36 bits per heavy atom. The van der Waals surface area contributed by atoms with Gasteiger partial charge in [-0.2, -0.15) is 5.10 Å². The Morgan fingerprint density at radius 2 is 2.20 bits per heavy atom. The van der Waals surface area contributed by atoms with E-state index in [4.69, 9.17) is 4.74 Å². The van der Waals surface area contributed by atoms with E-state index in [-0.39, 0.29) is 5.91 Å². The average molecular weight is 343 g/mol. The van der Waals surface area contributed by atoms with Crippen molar-refractivity contribution in [2.24, 2.45) is 0 Å². The van der Waals surface area contributed by atoms with Crippen LogP contribution in [0.4, 0.5) is 0 Å². The third-order valence-corrected chi connectivity index (χ3v) is 4.73. The van der Waals surface area contributed by atoms with Gasteiger partial charge in [-0.05, 0) is 31.5 Å². The van der Waals surface area contributed by atoms with E-state index in [0.717, 1.165) is 24.9 Å². The molecule has 3 rings (SSSR count). The molecule has 134 valence electrons. The maximum Gasteiger partial charge on any atom is 0.251 e. The standard InChI is InChI=1S/C18H25N5O2/c1-21(2)17(24)18(23-12-6-10-20-23)8-5-11-22(14-18)13-15-7-4-9-19-16(15)25-3/h4,6-7,9-10,12H,5,8,11,13-14H2,1-3H3. The molecule has 1 amide bonds. The van der Waals surface area contributed by atoms with Gasteiger partial charge in [0.25, 0.3) is 5.91 Å². The third kappa shape index (κ3) is 3.37. The topological polar surface area (TPSA) is 63.5 Å². The van der Waals surface area contributed by atoms with Crippen LogP contribution < -0.4 is 4.74 Å². The van der Waals surface area contributed by atoms with Crippen molar-refractivity contribution in [2.75, 3.05) is 34.3 Å². The first kappa shape index (κ1) is 17.4. The molecule has 3 heterocycles. The van der Waals surface area contributed by atoms with Crippen molar-refractivity contribution in [2.45, 2.75) is 24.9 Å². The molecule has 1 unspecified atom stereocenters. The first-order chi connectivity index (χ1) is 12.1. The van der Waals surface area contributed by atoms with Crippen LogP contribution >= 0.6 is 0 Å². The van der Waals surface area contributed by atoms with Gasteiger partial charge in [0, 0.05) is 51.3 Å². The average Bonchev–Trinajstić information content (AvgIpc) is 3.17. The van der Waals surface area contributed by atoms with Crippen LogP contribution in [0, 0.1) is 0 Å². The molecule has 0 N–H and O–H groups in total. The highest BCUT2D eigenvalue weighted by atomic mass is 16.5. The Bertz CT molecular complexity index is 716. The van der Waals surface area contributed by atoms with Crippen LogP contribution in [-0.4, -0.2) is 64.8 Å². The molecule has 1 saturated heterocycles. The van der Waals surface area contributed by atoms with Crippen LogP contribution in [0.3, 0.4) is 0 Å². The van der Waals surface area contributed by atoms with Crippen LogP contribution in [0.5, 0.6) is 5.88 Å². The predicted molar refractivity (Wildman–Crippen MR) is 94.2 cm³/mol. The number of likely N-dealkylation sites (N-methyl/N-ethyl adjacent to an activating group) is 1. The zero-order valence-corrected chi connectivity index (χ0v) is 15.1. The van der Waals surface area contributed by atoms with E-state index in [2.05, 4.69) is 15.0 Å². The van der Waals surface area contributed by atoms with E-state index in [1.807, 2.05) is 29.1 Å². The lowest BCUT2D eigenvalue weighted by atomic mass is 9.87. The molecule has 1 atom stereocenters. The minimum absolute atomic E-state index is 0.0825. The van der Waals surface area contributed by atoms with E-state index < -0.39 is 5.54 Å². The van der Waals surface area contributed by atoms with Crippen LogP contribution in [0.25, 0.3) is 0 Å². The zero-order chi connectivity index (χ0) is 17.9. The molecule has 1 aliphatic heterocycles. The minimum atomic E-state index is -0.666. The van der Waals surface area contributed by atoms with Gasteiger partial charge in [0.05, 0.1) is 7.11 Å². The summed E-state index contributed by atoms with van der Waals surface area (Å²) in [5.41, 5.74) is 0.360.